The summed E-state index contributed by atoms with van der Waals surface area (Å²) in [4.78, 5) is 9.72. The molecule has 3 heterocycles. The number of para-hydroxylation sites is 2. The molecule has 0 bridgehead atoms. The third-order valence-electron chi connectivity index (χ3n) is 5.96. The van der Waals surface area contributed by atoms with E-state index in [1.165, 1.54) is 22.6 Å². The lowest BCUT2D eigenvalue weighted by molar-refractivity contribution is 0.360. The van der Waals surface area contributed by atoms with E-state index >= 15 is 0 Å². The average molecular weight is 341 g/mol. The Bertz CT molecular complexity index is 937. The summed E-state index contributed by atoms with van der Waals surface area (Å²) in [6, 6.07) is 23.8. The van der Waals surface area contributed by atoms with Crippen LogP contribution in [0.5, 0.6) is 0 Å². The van der Waals surface area contributed by atoms with E-state index in [9.17, 15) is 0 Å². The second-order valence-corrected chi connectivity index (χ2v) is 7.27. The van der Waals surface area contributed by atoms with Gasteiger partial charge in [-0.25, -0.2) is 4.98 Å². The van der Waals surface area contributed by atoms with E-state index in [2.05, 4.69) is 84.3 Å². The van der Waals surface area contributed by atoms with Crippen LogP contribution in [0.15, 0.2) is 72.9 Å². The molecule has 0 fully saturated rings. The van der Waals surface area contributed by atoms with Crippen molar-refractivity contribution in [2.45, 2.75) is 32.4 Å². The van der Waals surface area contributed by atoms with Gasteiger partial charge in [-0.15, -0.1) is 0 Å². The minimum absolute atomic E-state index is 0.252. The Labute approximate surface area is 154 Å². The van der Waals surface area contributed by atoms with E-state index in [1.54, 1.807) is 0 Å². The first kappa shape index (κ1) is 15.4. The number of fused-ring (bicyclic) bond motifs is 5. The van der Waals surface area contributed by atoms with Crippen LogP contribution >= 0.6 is 0 Å². The van der Waals surface area contributed by atoms with Gasteiger partial charge in [0.1, 0.15) is 6.17 Å². The van der Waals surface area contributed by atoms with Gasteiger partial charge in [0.2, 0.25) is 0 Å². The van der Waals surface area contributed by atoms with Crippen molar-refractivity contribution in [3.63, 3.8) is 0 Å². The lowest BCUT2D eigenvalue weighted by atomic mass is 9.78. The number of rotatable bonds is 2. The van der Waals surface area contributed by atoms with Crippen LogP contribution in [0.4, 0.5) is 22.9 Å². The molecule has 2 aliphatic rings. The Morgan fingerprint density at radius 1 is 0.846 bits per heavy atom. The number of hydrogen-bond donors (Lipinski definition) is 0. The lowest BCUT2D eigenvalue weighted by Gasteiger charge is -2.45. The molecule has 0 saturated heterocycles. The van der Waals surface area contributed by atoms with Crippen molar-refractivity contribution in [2.75, 3.05) is 9.80 Å². The summed E-state index contributed by atoms with van der Waals surface area (Å²) in [6.07, 6.45) is 3.31. The Kier molecular flexibility index (Phi) is 3.49. The zero-order valence-corrected chi connectivity index (χ0v) is 15.2. The van der Waals surface area contributed by atoms with Crippen molar-refractivity contribution in [2.24, 2.45) is 5.92 Å². The molecule has 3 nitrogen and oxygen atoms in total. The first-order chi connectivity index (χ1) is 12.8. The molecular weight excluding hydrogens is 318 g/mol. The van der Waals surface area contributed by atoms with Crippen LogP contribution in [0.25, 0.3) is 0 Å². The predicted molar refractivity (Wildman–Crippen MR) is 107 cm³/mol. The molecule has 1 aromatic heterocycles. The molecule has 0 spiro atoms. The van der Waals surface area contributed by atoms with Gasteiger partial charge in [-0.3, -0.25) is 0 Å². The highest BCUT2D eigenvalue weighted by Gasteiger charge is 2.48. The van der Waals surface area contributed by atoms with Gasteiger partial charge in [0, 0.05) is 23.5 Å². The zero-order valence-electron chi connectivity index (χ0n) is 15.2. The Hall–Kier alpha value is -2.81. The van der Waals surface area contributed by atoms with Crippen molar-refractivity contribution in [1.82, 2.24) is 4.98 Å². The number of nitrogens with zero attached hydrogens (tertiary/aromatic N) is 3. The Morgan fingerprint density at radius 2 is 1.58 bits per heavy atom. The molecule has 2 aromatic carbocycles. The summed E-state index contributed by atoms with van der Waals surface area (Å²) in [5, 5.41) is 0. The van der Waals surface area contributed by atoms with Crippen LogP contribution in [0.1, 0.15) is 31.7 Å². The van der Waals surface area contributed by atoms with Crippen LogP contribution in [0, 0.1) is 5.92 Å². The molecule has 130 valence electrons. The largest absolute Gasteiger partial charge is 0.317 e. The minimum Gasteiger partial charge on any atom is -0.317 e. The summed E-state index contributed by atoms with van der Waals surface area (Å²) in [5.74, 6) is 2.10. The van der Waals surface area contributed by atoms with Crippen LogP contribution < -0.4 is 9.80 Å². The number of anilines is 4. The number of hydrogen-bond acceptors (Lipinski definition) is 3. The SMILES string of the molecule is CCC1c2ccccc2N2c3ncccc3N(c3ccccc3)C2C1C. The van der Waals surface area contributed by atoms with Gasteiger partial charge in [-0.05, 0) is 48.2 Å². The first-order valence-corrected chi connectivity index (χ1v) is 9.48. The second kappa shape index (κ2) is 5.87. The molecule has 3 heteroatoms. The maximum absolute atomic E-state index is 4.79. The molecule has 26 heavy (non-hydrogen) atoms. The second-order valence-electron chi connectivity index (χ2n) is 7.27. The zero-order chi connectivity index (χ0) is 17.7. The third-order valence-corrected chi connectivity index (χ3v) is 5.96. The molecule has 0 amide bonds. The summed E-state index contributed by atoms with van der Waals surface area (Å²) < 4.78 is 0. The van der Waals surface area contributed by atoms with Crippen molar-refractivity contribution in [3.05, 3.63) is 78.5 Å². The van der Waals surface area contributed by atoms with E-state index < -0.39 is 0 Å². The van der Waals surface area contributed by atoms with Crippen LogP contribution in [0.3, 0.4) is 0 Å². The van der Waals surface area contributed by atoms with Crippen LogP contribution in [-0.2, 0) is 0 Å². The van der Waals surface area contributed by atoms with Crippen molar-refractivity contribution >= 4 is 22.9 Å². The van der Waals surface area contributed by atoms with Gasteiger partial charge in [-0.2, -0.15) is 0 Å². The van der Waals surface area contributed by atoms with Gasteiger partial charge in [0.25, 0.3) is 0 Å². The van der Waals surface area contributed by atoms with Crippen molar-refractivity contribution < 1.29 is 0 Å². The fourth-order valence-electron chi connectivity index (χ4n) is 4.86. The summed E-state index contributed by atoms with van der Waals surface area (Å²) in [6.45, 7) is 4.70. The number of benzene rings is 2. The summed E-state index contributed by atoms with van der Waals surface area (Å²) in [7, 11) is 0. The topological polar surface area (TPSA) is 19.4 Å². The maximum atomic E-state index is 4.79. The van der Waals surface area contributed by atoms with E-state index in [4.69, 9.17) is 4.98 Å². The lowest BCUT2D eigenvalue weighted by Crippen LogP contribution is -2.48. The fourth-order valence-corrected chi connectivity index (χ4v) is 4.86. The van der Waals surface area contributed by atoms with E-state index in [-0.39, 0.29) is 6.17 Å². The molecule has 0 aliphatic carbocycles. The highest BCUT2D eigenvalue weighted by atomic mass is 15.5. The monoisotopic (exact) mass is 341 g/mol. The summed E-state index contributed by atoms with van der Waals surface area (Å²) >= 11 is 0. The first-order valence-electron chi connectivity index (χ1n) is 9.48. The normalized spacial score (nSPS) is 23.4. The Morgan fingerprint density at radius 3 is 2.38 bits per heavy atom. The van der Waals surface area contributed by atoms with Gasteiger partial charge in [-0.1, -0.05) is 50.2 Å². The smallest absolute Gasteiger partial charge is 0.158 e. The fraction of sp³-hybridized carbons (Fsp3) is 0.261. The van der Waals surface area contributed by atoms with Gasteiger partial charge in [0.05, 0.1) is 5.69 Å². The van der Waals surface area contributed by atoms with E-state index in [0.29, 0.717) is 11.8 Å². The predicted octanol–water partition coefficient (Wildman–Crippen LogP) is 5.84. The van der Waals surface area contributed by atoms with Gasteiger partial charge in [0.15, 0.2) is 5.82 Å². The van der Waals surface area contributed by atoms with Crippen molar-refractivity contribution in [3.8, 4) is 0 Å². The highest BCUT2D eigenvalue weighted by molar-refractivity contribution is 5.87. The molecule has 3 unspecified atom stereocenters. The number of aromatic nitrogens is 1. The van der Waals surface area contributed by atoms with E-state index in [0.717, 1.165) is 12.2 Å². The molecule has 0 radical (unpaired) electrons. The molecular formula is C23H23N3. The molecule has 3 aromatic rings. The molecule has 5 rings (SSSR count). The van der Waals surface area contributed by atoms with Crippen LogP contribution in [-0.4, -0.2) is 11.1 Å². The molecule has 0 N–H and O–H groups in total. The minimum atomic E-state index is 0.252. The Balaban J connectivity index is 1.77. The van der Waals surface area contributed by atoms with Crippen molar-refractivity contribution in [1.29, 1.82) is 0 Å². The molecule has 2 aliphatic heterocycles. The maximum Gasteiger partial charge on any atom is 0.158 e. The quantitative estimate of drug-likeness (QED) is 0.583. The van der Waals surface area contributed by atoms with E-state index in [1.807, 2.05) is 12.3 Å². The number of pyridine rings is 1. The van der Waals surface area contributed by atoms with Gasteiger partial charge < -0.3 is 9.80 Å². The summed E-state index contributed by atoms with van der Waals surface area (Å²) in [5.41, 5.74) is 5.18. The van der Waals surface area contributed by atoms with Gasteiger partial charge >= 0.3 is 0 Å². The standard InChI is InChI=1S/C23H23N3/c1-3-18-16(2)23-25(17-10-5-4-6-11-17)21-14-9-15-24-22(21)26(23)20-13-8-7-12-19(18)20/h4-16,18,23H,3H2,1-2H3. The highest BCUT2D eigenvalue weighted by Crippen LogP contribution is 2.55. The van der Waals surface area contributed by atoms with Crippen LogP contribution in [0.2, 0.25) is 0 Å². The average Bonchev–Trinajstić information content (AvgIpc) is 3.05. The molecule has 3 atom stereocenters. The third kappa shape index (κ3) is 2.03. The molecule has 0 saturated carbocycles.